The molecule has 1 aromatic carbocycles. The number of benzene rings is 1. The van der Waals surface area contributed by atoms with Crippen LogP contribution in [0.5, 0.6) is 5.75 Å². The zero-order valence-electron chi connectivity index (χ0n) is 9.59. The molecule has 0 unspecified atom stereocenters. The van der Waals surface area contributed by atoms with Crippen LogP contribution < -0.4 is 10.1 Å². The summed E-state index contributed by atoms with van der Waals surface area (Å²) >= 11 is 11.7. The highest BCUT2D eigenvalue weighted by atomic mass is 35.5. The van der Waals surface area contributed by atoms with Crippen LogP contribution in [0.25, 0.3) is 0 Å². The number of ether oxygens (including phenoxy) is 1. The van der Waals surface area contributed by atoms with Crippen LogP contribution >= 0.6 is 23.2 Å². The second-order valence-corrected chi connectivity index (χ2v) is 4.57. The molecule has 2 nitrogen and oxygen atoms in total. The molecule has 0 spiro atoms. The van der Waals surface area contributed by atoms with Crippen LogP contribution in [0.1, 0.15) is 12.5 Å². The van der Waals surface area contributed by atoms with Crippen LogP contribution in [-0.2, 0) is 6.54 Å². The van der Waals surface area contributed by atoms with Gasteiger partial charge < -0.3 is 10.1 Å². The number of nitrogens with one attached hydrogen (secondary N) is 1. The van der Waals surface area contributed by atoms with E-state index in [0.29, 0.717) is 11.8 Å². The number of alkyl halides is 2. The Morgan fingerprint density at radius 3 is 2.56 bits per heavy atom. The molecule has 1 rings (SSSR count). The Morgan fingerprint density at radius 1 is 1.31 bits per heavy atom. The van der Waals surface area contributed by atoms with E-state index in [2.05, 4.69) is 5.32 Å². The van der Waals surface area contributed by atoms with Gasteiger partial charge in [0.05, 0.1) is 7.11 Å². The Labute approximate surface area is 107 Å². The molecule has 0 aliphatic carbocycles. The van der Waals surface area contributed by atoms with Gasteiger partial charge in [0.1, 0.15) is 5.75 Å². The lowest BCUT2D eigenvalue weighted by molar-refractivity contribution is 0.411. The predicted octanol–water partition coefficient (Wildman–Crippen LogP) is 3.02. The van der Waals surface area contributed by atoms with Gasteiger partial charge in [-0.2, -0.15) is 0 Å². The van der Waals surface area contributed by atoms with Crippen molar-refractivity contribution >= 4 is 23.2 Å². The fraction of sp³-hybridized carbons (Fsp3) is 0.500. The lowest BCUT2D eigenvalue weighted by Crippen LogP contribution is -2.45. The lowest BCUT2D eigenvalue weighted by Gasteiger charge is -2.26. The third kappa shape index (κ3) is 3.85. The summed E-state index contributed by atoms with van der Waals surface area (Å²) in [5.41, 5.74) is 0.924. The van der Waals surface area contributed by atoms with Gasteiger partial charge in [0.25, 0.3) is 0 Å². The average Bonchev–Trinajstić information content (AvgIpc) is 2.36. The van der Waals surface area contributed by atoms with E-state index in [4.69, 9.17) is 27.9 Å². The maximum atomic E-state index is 5.86. The first-order chi connectivity index (χ1) is 7.63. The van der Waals surface area contributed by atoms with Gasteiger partial charge in [-0.15, -0.1) is 23.2 Å². The topological polar surface area (TPSA) is 21.3 Å². The van der Waals surface area contributed by atoms with E-state index in [1.165, 1.54) is 0 Å². The third-order valence-electron chi connectivity index (χ3n) is 2.44. The molecular formula is C12H17Cl2NO. The largest absolute Gasteiger partial charge is 0.497 e. The maximum Gasteiger partial charge on any atom is 0.119 e. The van der Waals surface area contributed by atoms with Crippen molar-refractivity contribution in [1.82, 2.24) is 5.32 Å². The first-order valence-corrected chi connectivity index (χ1v) is 6.20. The van der Waals surface area contributed by atoms with Crippen molar-refractivity contribution < 1.29 is 4.74 Å². The average molecular weight is 262 g/mol. The molecule has 0 bridgehead atoms. The molecule has 0 aliphatic rings. The van der Waals surface area contributed by atoms with Gasteiger partial charge in [-0.25, -0.2) is 0 Å². The van der Waals surface area contributed by atoms with Crippen LogP contribution in [0.3, 0.4) is 0 Å². The summed E-state index contributed by atoms with van der Waals surface area (Å²) in [6.07, 6.45) is 0. The van der Waals surface area contributed by atoms with Gasteiger partial charge >= 0.3 is 0 Å². The molecule has 0 radical (unpaired) electrons. The molecule has 1 aromatic rings. The smallest absolute Gasteiger partial charge is 0.119 e. The molecule has 0 saturated heterocycles. The van der Waals surface area contributed by atoms with Crippen LogP contribution in [0, 0.1) is 0 Å². The zero-order chi connectivity index (χ0) is 12.0. The molecule has 90 valence electrons. The SMILES string of the molecule is COc1cccc(CNC(C)(CCl)CCl)c1. The number of hydrogen-bond donors (Lipinski definition) is 1. The molecule has 0 fully saturated rings. The van der Waals surface area contributed by atoms with Gasteiger partial charge in [0, 0.05) is 23.8 Å². The molecule has 0 saturated carbocycles. The van der Waals surface area contributed by atoms with Gasteiger partial charge in [-0.3, -0.25) is 0 Å². The van der Waals surface area contributed by atoms with E-state index in [1.54, 1.807) is 7.11 Å². The lowest BCUT2D eigenvalue weighted by atomic mass is 10.1. The molecule has 0 amide bonds. The highest BCUT2D eigenvalue weighted by Gasteiger charge is 2.20. The highest BCUT2D eigenvalue weighted by molar-refractivity contribution is 6.22. The molecule has 0 aromatic heterocycles. The fourth-order valence-electron chi connectivity index (χ4n) is 1.23. The van der Waals surface area contributed by atoms with Crippen molar-refractivity contribution in [3.63, 3.8) is 0 Å². The molecular weight excluding hydrogens is 245 g/mol. The molecule has 16 heavy (non-hydrogen) atoms. The van der Waals surface area contributed by atoms with Crippen molar-refractivity contribution in [1.29, 1.82) is 0 Å². The Balaban J connectivity index is 2.60. The minimum Gasteiger partial charge on any atom is -0.497 e. The summed E-state index contributed by atoms with van der Waals surface area (Å²) in [7, 11) is 1.66. The molecule has 0 atom stereocenters. The van der Waals surface area contributed by atoms with E-state index >= 15 is 0 Å². The predicted molar refractivity (Wildman–Crippen MR) is 69.7 cm³/mol. The van der Waals surface area contributed by atoms with Crippen molar-refractivity contribution in [3.8, 4) is 5.75 Å². The number of hydrogen-bond acceptors (Lipinski definition) is 2. The van der Waals surface area contributed by atoms with Crippen LogP contribution in [-0.4, -0.2) is 24.4 Å². The Kier molecular flexibility index (Phi) is 5.39. The standard InChI is InChI=1S/C12H17Cl2NO/c1-12(8-13,9-14)15-7-10-4-3-5-11(6-10)16-2/h3-6,15H,7-9H2,1-2H3. The van der Waals surface area contributed by atoms with E-state index in [9.17, 15) is 0 Å². The van der Waals surface area contributed by atoms with E-state index in [0.717, 1.165) is 17.9 Å². The Bertz CT molecular complexity index is 327. The van der Waals surface area contributed by atoms with E-state index < -0.39 is 0 Å². The third-order valence-corrected chi connectivity index (χ3v) is 3.62. The van der Waals surface area contributed by atoms with Gasteiger partial charge in [-0.05, 0) is 24.6 Å². The summed E-state index contributed by atoms with van der Waals surface area (Å²) in [6.45, 7) is 2.74. The highest BCUT2D eigenvalue weighted by Crippen LogP contribution is 2.14. The normalized spacial score (nSPS) is 11.5. The summed E-state index contributed by atoms with van der Waals surface area (Å²) in [5, 5.41) is 3.34. The second kappa shape index (κ2) is 6.33. The first kappa shape index (κ1) is 13.6. The molecule has 0 aliphatic heterocycles. The van der Waals surface area contributed by atoms with Crippen molar-refractivity contribution in [3.05, 3.63) is 29.8 Å². The van der Waals surface area contributed by atoms with Crippen LogP contribution in [0.15, 0.2) is 24.3 Å². The molecule has 1 N–H and O–H groups in total. The van der Waals surface area contributed by atoms with Crippen molar-refractivity contribution in [2.45, 2.75) is 19.0 Å². The van der Waals surface area contributed by atoms with Crippen LogP contribution in [0.4, 0.5) is 0 Å². The second-order valence-electron chi connectivity index (χ2n) is 4.03. The van der Waals surface area contributed by atoms with Gasteiger partial charge in [0.15, 0.2) is 0 Å². The van der Waals surface area contributed by atoms with Crippen LogP contribution in [0.2, 0.25) is 0 Å². The minimum absolute atomic E-state index is 0.230. The summed E-state index contributed by atoms with van der Waals surface area (Å²) in [5.74, 6) is 1.83. The monoisotopic (exact) mass is 261 g/mol. The van der Waals surface area contributed by atoms with E-state index in [1.807, 2.05) is 31.2 Å². The molecule has 0 heterocycles. The zero-order valence-corrected chi connectivity index (χ0v) is 11.1. The summed E-state index contributed by atoms with van der Waals surface area (Å²) < 4.78 is 5.16. The first-order valence-electron chi connectivity index (χ1n) is 5.13. The number of halogens is 2. The number of methoxy groups -OCH3 is 1. The van der Waals surface area contributed by atoms with E-state index in [-0.39, 0.29) is 5.54 Å². The van der Waals surface area contributed by atoms with Crippen molar-refractivity contribution in [2.75, 3.05) is 18.9 Å². The summed E-state index contributed by atoms with van der Waals surface area (Å²) in [6, 6.07) is 7.93. The fourth-order valence-corrected chi connectivity index (χ4v) is 1.70. The van der Waals surface area contributed by atoms with Gasteiger partial charge in [0.2, 0.25) is 0 Å². The minimum atomic E-state index is -0.230. The number of rotatable bonds is 6. The quantitative estimate of drug-likeness (QED) is 0.796. The Morgan fingerprint density at radius 2 is 2.00 bits per heavy atom. The maximum absolute atomic E-state index is 5.86. The van der Waals surface area contributed by atoms with Crippen molar-refractivity contribution in [2.24, 2.45) is 0 Å². The Hall–Kier alpha value is -0.440. The van der Waals surface area contributed by atoms with Gasteiger partial charge in [-0.1, -0.05) is 12.1 Å². The molecule has 4 heteroatoms. The summed E-state index contributed by atoms with van der Waals surface area (Å²) in [4.78, 5) is 0.